The van der Waals surface area contributed by atoms with Crippen LogP contribution < -0.4 is 4.74 Å². The number of aliphatic carboxylic acids is 1. The Kier molecular flexibility index (Phi) is 5.15. The van der Waals surface area contributed by atoms with Gasteiger partial charge in [-0.05, 0) is 53.9 Å². The van der Waals surface area contributed by atoms with Gasteiger partial charge in [-0.15, -0.1) is 0 Å². The third kappa shape index (κ3) is 4.49. The van der Waals surface area contributed by atoms with Crippen LogP contribution in [0.5, 0.6) is 5.75 Å². The molecule has 1 unspecified atom stereocenters. The molecule has 3 nitrogen and oxygen atoms in total. The quantitative estimate of drug-likeness (QED) is 0.628. The summed E-state index contributed by atoms with van der Waals surface area (Å²) in [6.45, 7) is 0.186. The molecular formula is C23H25FO3. The standard InChI is InChI=1S/C23H25FO3/c24-13-16-5-7-18(8-6-16)20-10-9-19(12-22(20)27-14-17-3-4-17)21(23(25)26)11-15-1-2-15/h5-10,12,15,17,21H,1-4,11,13-14H2,(H,25,26). The molecule has 2 saturated carbocycles. The summed E-state index contributed by atoms with van der Waals surface area (Å²) >= 11 is 0. The number of alkyl halides is 1. The van der Waals surface area contributed by atoms with E-state index >= 15 is 0 Å². The Morgan fingerprint density at radius 1 is 1.07 bits per heavy atom. The first-order valence-electron chi connectivity index (χ1n) is 9.79. The minimum atomic E-state index is -0.768. The summed E-state index contributed by atoms with van der Waals surface area (Å²) in [4.78, 5) is 11.8. The van der Waals surface area contributed by atoms with Gasteiger partial charge in [0.25, 0.3) is 0 Å². The van der Waals surface area contributed by atoms with Crippen LogP contribution in [0.3, 0.4) is 0 Å². The van der Waals surface area contributed by atoms with Crippen molar-refractivity contribution in [2.45, 2.75) is 44.7 Å². The van der Waals surface area contributed by atoms with Crippen LogP contribution in [-0.4, -0.2) is 17.7 Å². The van der Waals surface area contributed by atoms with Crippen molar-refractivity contribution in [3.05, 3.63) is 53.6 Å². The fourth-order valence-electron chi connectivity index (χ4n) is 3.45. The number of hydrogen-bond acceptors (Lipinski definition) is 2. The zero-order valence-corrected chi connectivity index (χ0v) is 15.4. The minimum absolute atomic E-state index is 0.480. The first-order chi connectivity index (χ1) is 13.1. The third-order valence-electron chi connectivity index (χ3n) is 5.56. The normalized spacial score (nSPS) is 17.5. The Morgan fingerprint density at radius 2 is 1.78 bits per heavy atom. The lowest BCUT2D eigenvalue weighted by atomic mass is 9.91. The van der Waals surface area contributed by atoms with Crippen molar-refractivity contribution >= 4 is 5.97 Å². The molecule has 2 aliphatic rings. The molecule has 0 aliphatic heterocycles. The van der Waals surface area contributed by atoms with E-state index in [0.29, 0.717) is 30.4 Å². The average Bonchev–Trinajstić information content (AvgIpc) is 3.59. The molecule has 4 rings (SSSR count). The molecule has 0 spiro atoms. The predicted octanol–water partition coefficient (Wildman–Crippen LogP) is 5.58. The number of rotatable bonds is 9. The highest BCUT2D eigenvalue weighted by Gasteiger charge is 2.31. The van der Waals surface area contributed by atoms with Crippen LogP contribution in [0.4, 0.5) is 4.39 Å². The molecule has 0 radical (unpaired) electrons. The number of carbonyl (C=O) groups is 1. The molecule has 0 amide bonds. The lowest BCUT2D eigenvalue weighted by Gasteiger charge is -2.17. The van der Waals surface area contributed by atoms with Crippen LogP contribution in [0, 0.1) is 11.8 Å². The molecule has 2 fully saturated rings. The molecule has 2 aromatic carbocycles. The zero-order valence-electron chi connectivity index (χ0n) is 15.4. The van der Waals surface area contributed by atoms with Crippen LogP contribution >= 0.6 is 0 Å². The van der Waals surface area contributed by atoms with Crippen molar-refractivity contribution in [1.29, 1.82) is 0 Å². The van der Waals surface area contributed by atoms with Gasteiger partial charge < -0.3 is 9.84 Å². The molecule has 2 aliphatic carbocycles. The van der Waals surface area contributed by atoms with Crippen molar-refractivity contribution in [2.75, 3.05) is 6.61 Å². The number of ether oxygens (including phenoxy) is 1. The van der Waals surface area contributed by atoms with E-state index in [0.717, 1.165) is 35.3 Å². The van der Waals surface area contributed by atoms with Gasteiger partial charge in [0.15, 0.2) is 0 Å². The summed E-state index contributed by atoms with van der Waals surface area (Å²) in [7, 11) is 0. The largest absolute Gasteiger partial charge is 0.493 e. The maximum absolute atomic E-state index is 12.8. The van der Waals surface area contributed by atoms with E-state index in [-0.39, 0.29) is 0 Å². The lowest BCUT2D eigenvalue weighted by molar-refractivity contribution is -0.139. The van der Waals surface area contributed by atoms with Crippen LogP contribution in [-0.2, 0) is 11.5 Å². The van der Waals surface area contributed by atoms with Crippen molar-refractivity contribution in [2.24, 2.45) is 11.8 Å². The Balaban J connectivity index is 1.65. The number of benzene rings is 2. The molecule has 4 heteroatoms. The molecule has 0 aromatic heterocycles. The van der Waals surface area contributed by atoms with Gasteiger partial charge in [0, 0.05) is 5.56 Å². The highest BCUT2D eigenvalue weighted by molar-refractivity contribution is 5.78. The molecular weight excluding hydrogens is 343 g/mol. The van der Waals surface area contributed by atoms with Gasteiger partial charge in [0.1, 0.15) is 12.4 Å². The number of halogens is 1. The van der Waals surface area contributed by atoms with E-state index in [1.54, 1.807) is 12.1 Å². The van der Waals surface area contributed by atoms with E-state index in [2.05, 4.69) is 0 Å². The van der Waals surface area contributed by atoms with Crippen molar-refractivity contribution in [3.8, 4) is 16.9 Å². The van der Waals surface area contributed by atoms with Gasteiger partial charge in [-0.2, -0.15) is 0 Å². The fraction of sp³-hybridized carbons (Fsp3) is 0.435. The number of carboxylic acids is 1. The second kappa shape index (κ2) is 7.71. The molecule has 1 N–H and O–H groups in total. The Morgan fingerprint density at radius 3 is 2.37 bits per heavy atom. The Hall–Kier alpha value is -2.36. The van der Waals surface area contributed by atoms with Gasteiger partial charge in [0.05, 0.1) is 12.5 Å². The van der Waals surface area contributed by atoms with E-state index in [1.165, 1.54) is 12.8 Å². The Bertz CT molecular complexity index is 807. The monoisotopic (exact) mass is 368 g/mol. The minimum Gasteiger partial charge on any atom is -0.493 e. The zero-order chi connectivity index (χ0) is 18.8. The average molecular weight is 368 g/mol. The maximum Gasteiger partial charge on any atom is 0.310 e. The van der Waals surface area contributed by atoms with Gasteiger partial charge >= 0.3 is 5.97 Å². The third-order valence-corrected chi connectivity index (χ3v) is 5.56. The summed E-state index contributed by atoms with van der Waals surface area (Å²) in [6, 6.07) is 13.1. The van der Waals surface area contributed by atoms with Crippen LogP contribution in [0.1, 0.15) is 49.1 Å². The van der Waals surface area contributed by atoms with Gasteiger partial charge in [-0.25, -0.2) is 4.39 Å². The number of hydrogen-bond donors (Lipinski definition) is 1. The summed E-state index contributed by atoms with van der Waals surface area (Å²) in [5.74, 6) is 0.625. The second-order valence-corrected chi connectivity index (χ2v) is 7.91. The van der Waals surface area contributed by atoms with Crippen LogP contribution in [0.15, 0.2) is 42.5 Å². The maximum atomic E-state index is 12.8. The van der Waals surface area contributed by atoms with E-state index < -0.39 is 18.6 Å². The summed E-state index contributed by atoms with van der Waals surface area (Å²) in [6.07, 6.45) is 5.35. The Labute approximate surface area is 159 Å². The fourth-order valence-corrected chi connectivity index (χ4v) is 3.45. The van der Waals surface area contributed by atoms with Gasteiger partial charge in [-0.1, -0.05) is 49.2 Å². The topological polar surface area (TPSA) is 46.5 Å². The van der Waals surface area contributed by atoms with E-state index in [9.17, 15) is 14.3 Å². The summed E-state index contributed by atoms with van der Waals surface area (Å²) < 4.78 is 18.9. The van der Waals surface area contributed by atoms with E-state index in [4.69, 9.17) is 4.74 Å². The molecule has 2 aromatic rings. The van der Waals surface area contributed by atoms with Crippen molar-refractivity contribution < 1.29 is 19.0 Å². The smallest absolute Gasteiger partial charge is 0.310 e. The summed E-state index contributed by atoms with van der Waals surface area (Å²) in [5.41, 5.74) is 3.34. The number of carboxylic acid groups (broad SMARTS) is 1. The molecule has 0 saturated heterocycles. The second-order valence-electron chi connectivity index (χ2n) is 7.91. The first kappa shape index (κ1) is 18.0. The first-order valence-corrected chi connectivity index (χ1v) is 9.79. The molecule has 1 atom stereocenters. The van der Waals surface area contributed by atoms with Crippen LogP contribution in [0.25, 0.3) is 11.1 Å². The van der Waals surface area contributed by atoms with Gasteiger partial charge in [0.2, 0.25) is 0 Å². The van der Waals surface area contributed by atoms with Crippen molar-refractivity contribution in [3.63, 3.8) is 0 Å². The highest BCUT2D eigenvalue weighted by atomic mass is 19.1. The molecule has 142 valence electrons. The SMILES string of the molecule is O=C(O)C(CC1CC1)c1ccc(-c2ccc(CF)cc2)c(OCC2CC2)c1. The van der Waals surface area contributed by atoms with Crippen molar-refractivity contribution in [1.82, 2.24) is 0 Å². The van der Waals surface area contributed by atoms with Crippen LogP contribution in [0.2, 0.25) is 0 Å². The summed E-state index contributed by atoms with van der Waals surface area (Å²) in [5, 5.41) is 9.69. The van der Waals surface area contributed by atoms with Gasteiger partial charge in [-0.3, -0.25) is 4.79 Å². The van der Waals surface area contributed by atoms with E-state index in [1.807, 2.05) is 30.3 Å². The highest BCUT2D eigenvalue weighted by Crippen LogP contribution is 2.41. The lowest BCUT2D eigenvalue weighted by Crippen LogP contribution is -2.13. The molecule has 0 bridgehead atoms. The predicted molar refractivity (Wildman–Crippen MR) is 103 cm³/mol. The molecule has 27 heavy (non-hydrogen) atoms. The molecule has 0 heterocycles.